The minimum Gasteiger partial charge on any atom is -0.394 e. The second-order valence-electron chi connectivity index (χ2n) is 0.789. The summed E-state index contributed by atoms with van der Waals surface area (Å²) in [6.45, 7) is 1.97. The molecule has 0 aromatic carbocycles. The van der Waals surface area contributed by atoms with E-state index in [1.54, 1.807) is 0 Å². The van der Waals surface area contributed by atoms with Crippen LogP contribution >= 0.6 is 0 Å². The minimum absolute atomic E-state index is 1.88. The van der Waals surface area contributed by atoms with Crippen molar-refractivity contribution < 1.29 is 0 Å². The van der Waals surface area contributed by atoms with Gasteiger partial charge in [0.25, 0.3) is 0 Å². The summed E-state index contributed by atoms with van der Waals surface area (Å²) in [4.78, 5) is 0. The number of hydrogen-bond donors (Lipinski definition) is 1. The third kappa shape index (κ3) is 3.54. The van der Waals surface area contributed by atoms with E-state index in [4.69, 9.17) is 0 Å². The fourth-order valence-electron chi connectivity index (χ4n) is 0.167. The van der Waals surface area contributed by atoms with Crippen molar-refractivity contribution in [3.05, 3.63) is 12.3 Å². The first-order valence-electron chi connectivity index (χ1n) is 1.70. The molecule has 0 amide bonds. The van der Waals surface area contributed by atoms with Crippen LogP contribution in [0.2, 0.25) is 0 Å². The van der Waals surface area contributed by atoms with Crippen LogP contribution in [0, 0.1) is 0 Å². The van der Waals surface area contributed by atoms with Crippen molar-refractivity contribution in [3.8, 4) is 0 Å². The summed E-state index contributed by atoms with van der Waals surface area (Å²) in [6, 6.07) is 0. The molecule has 0 aliphatic heterocycles. The molecule has 0 rings (SSSR count). The molecule has 0 radical (unpaired) electrons. The maximum atomic E-state index is 2.84. The maximum Gasteiger partial charge on any atom is 0.00276 e. The van der Waals surface area contributed by atoms with E-state index >= 15 is 0 Å². The zero-order valence-electron chi connectivity index (χ0n) is 3.65. The van der Waals surface area contributed by atoms with Crippen LogP contribution in [0.15, 0.2) is 12.3 Å². The standard InChI is InChI=1S/C4H9N/c1-3-4-5-2/h3-5H,1-2H3/b4-3+. The Morgan fingerprint density at radius 1 is 1.60 bits per heavy atom. The highest BCUT2D eigenvalue weighted by Crippen LogP contribution is 1.53. The largest absolute Gasteiger partial charge is 0.394 e. The van der Waals surface area contributed by atoms with E-state index in [2.05, 4.69) is 5.32 Å². The van der Waals surface area contributed by atoms with Crippen molar-refractivity contribution in [1.82, 2.24) is 5.32 Å². The summed E-state index contributed by atoms with van der Waals surface area (Å²) in [7, 11) is 1.88. The van der Waals surface area contributed by atoms with Gasteiger partial charge in [-0.15, -0.1) is 0 Å². The van der Waals surface area contributed by atoms with Crippen molar-refractivity contribution in [2.75, 3.05) is 7.05 Å². The average Bonchev–Trinajstić information content (AvgIpc) is 1.41. The molecule has 0 saturated heterocycles. The van der Waals surface area contributed by atoms with Crippen molar-refractivity contribution in [3.63, 3.8) is 0 Å². The summed E-state index contributed by atoms with van der Waals surface area (Å²) in [5.74, 6) is 0. The van der Waals surface area contributed by atoms with Crippen LogP contribution in [0.5, 0.6) is 0 Å². The Kier molecular flexibility index (Phi) is 3.21. The predicted molar refractivity (Wildman–Crippen MR) is 23.9 cm³/mol. The van der Waals surface area contributed by atoms with E-state index in [0.717, 1.165) is 0 Å². The van der Waals surface area contributed by atoms with Gasteiger partial charge in [0, 0.05) is 7.05 Å². The number of nitrogens with one attached hydrogen (secondary N) is 1. The van der Waals surface area contributed by atoms with E-state index in [9.17, 15) is 0 Å². The van der Waals surface area contributed by atoms with Crippen molar-refractivity contribution >= 4 is 0 Å². The Morgan fingerprint density at radius 3 is 2.20 bits per heavy atom. The Morgan fingerprint density at radius 2 is 2.20 bits per heavy atom. The molecule has 0 bridgehead atoms. The van der Waals surface area contributed by atoms with E-state index in [1.807, 2.05) is 26.2 Å². The highest BCUT2D eigenvalue weighted by molar-refractivity contribution is 4.70. The van der Waals surface area contributed by atoms with Crippen LogP contribution in [0.25, 0.3) is 0 Å². The van der Waals surface area contributed by atoms with Crippen molar-refractivity contribution in [2.24, 2.45) is 0 Å². The molecule has 0 heterocycles. The topological polar surface area (TPSA) is 12.0 Å². The lowest BCUT2D eigenvalue weighted by Crippen LogP contribution is -1.89. The first-order valence-corrected chi connectivity index (χ1v) is 1.70. The lowest BCUT2D eigenvalue weighted by Gasteiger charge is -1.75. The molecule has 1 N–H and O–H groups in total. The van der Waals surface area contributed by atoms with Gasteiger partial charge in [0.2, 0.25) is 0 Å². The van der Waals surface area contributed by atoms with Crippen molar-refractivity contribution in [2.45, 2.75) is 6.92 Å². The van der Waals surface area contributed by atoms with Crippen LogP contribution in [0.4, 0.5) is 0 Å². The fraction of sp³-hybridized carbons (Fsp3) is 0.500. The Balaban J connectivity index is 2.62. The van der Waals surface area contributed by atoms with Gasteiger partial charge in [0.15, 0.2) is 0 Å². The van der Waals surface area contributed by atoms with E-state index in [1.165, 1.54) is 0 Å². The number of hydrogen-bond acceptors (Lipinski definition) is 1. The van der Waals surface area contributed by atoms with Gasteiger partial charge in [-0.25, -0.2) is 0 Å². The van der Waals surface area contributed by atoms with E-state index in [0.29, 0.717) is 0 Å². The molecule has 0 aliphatic rings. The first kappa shape index (κ1) is 4.54. The quantitative estimate of drug-likeness (QED) is 0.480. The summed E-state index contributed by atoms with van der Waals surface area (Å²) in [5.41, 5.74) is 0. The lowest BCUT2D eigenvalue weighted by molar-refractivity contribution is 1.10. The zero-order valence-corrected chi connectivity index (χ0v) is 3.65. The Labute approximate surface area is 32.7 Å². The first-order chi connectivity index (χ1) is 2.41. The van der Waals surface area contributed by atoms with E-state index < -0.39 is 0 Å². The predicted octanol–water partition coefficient (Wildman–Crippen LogP) is 0.739. The molecule has 0 aromatic heterocycles. The second-order valence-corrected chi connectivity index (χ2v) is 0.789. The lowest BCUT2D eigenvalue weighted by atomic mass is 10.7. The van der Waals surface area contributed by atoms with Gasteiger partial charge in [0.1, 0.15) is 0 Å². The number of rotatable bonds is 1. The van der Waals surface area contributed by atoms with Gasteiger partial charge in [0.05, 0.1) is 0 Å². The smallest absolute Gasteiger partial charge is 0.00276 e. The zero-order chi connectivity index (χ0) is 4.12. The van der Waals surface area contributed by atoms with Crippen LogP contribution in [0.3, 0.4) is 0 Å². The van der Waals surface area contributed by atoms with Crippen LogP contribution in [-0.4, -0.2) is 7.05 Å². The molecule has 0 spiro atoms. The van der Waals surface area contributed by atoms with Crippen molar-refractivity contribution in [1.29, 1.82) is 0 Å². The highest BCUT2D eigenvalue weighted by atomic mass is 14.8. The summed E-state index contributed by atoms with van der Waals surface area (Å²) in [5, 5.41) is 2.84. The van der Waals surface area contributed by atoms with E-state index in [-0.39, 0.29) is 0 Å². The van der Waals surface area contributed by atoms with Gasteiger partial charge in [-0.2, -0.15) is 0 Å². The average molecular weight is 71.1 g/mol. The van der Waals surface area contributed by atoms with Gasteiger partial charge in [-0.3, -0.25) is 0 Å². The third-order valence-corrected chi connectivity index (χ3v) is 0.333. The summed E-state index contributed by atoms with van der Waals surface area (Å²) < 4.78 is 0. The van der Waals surface area contributed by atoms with Gasteiger partial charge in [-0.05, 0) is 13.1 Å². The Hall–Kier alpha value is -0.460. The molecule has 0 fully saturated rings. The van der Waals surface area contributed by atoms with Gasteiger partial charge >= 0.3 is 0 Å². The highest BCUT2D eigenvalue weighted by Gasteiger charge is 1.45. The SMILES string of the molecule is C/C=C/NC. The molecule has 0 unspecified atom stereocenters. The fourth-order valence-corrected chi connectivity index (χ4v) is 0.167. The maximum absolute atomic E-state index is 2.84. The molecule has 1 heteroatoms. The van der Waals surface area contributed by atoms with Crippen LogP contribution < -0.4 is 5.32 Å². The molecule has 0 atom stereocenters. The third-order valence-electron chi connectivity index (χ3n) is 0.333. The molecular formula is C4H9N. The minimum atomic E-state index is 1.88. The summed E-state index contributed by atoms with van der Waals surface area (Å²) >= 11 is 0. The summed E-state index contributed by atoms with van der Waals surface area (Å²) in [6.07, 6.45) is 3.82. The van der Waals surface area contributed by atoms with Gasteiger partial charge < -0.3 is 5.32 Å². The molecular weight excluding hydrogens is 62.1 g/mol. The monoisotopic (exact) mass is 71.1 g/mol. The molecule has 0 aromatic rings. The normalized spacial score (nSPS) is 9.20. The Bertz CT molecular complexity index is 30.6. The molecule has 0 aliphatic carbocycles. The molecule has 0 saturated carbocycles. The van der Waals surface area contributed by atoms with Gasteiger partial charge in [-0.1, -0.05) is 6.08 Å². The molecule has 30 valence electrons. The number of allylic oxidation sites excluding steroid dienone is 1. The molecule has 1 nitrogen and oxygen atoms in total. The second kappa shape index (κ2) is 3.54. The van der Waals surface area contributed by atoms with Crippen LogP contribution in [-0.2, 0) is 0 Å². The van der Waals surface area contributed by atoms with Crippen LogP contribution in [0.1, 0.15) is 6.92 Å². The molecule has 5 heavy (non-hydrogen) atoms.